The van der Waals surface area contributed by atoms with E-state index >= 15 is 0 Å². The molecule has 3 rings (SSSR count). The third kappa shape index (κ3) is 1.76. The van der Waals surface area contributed by atoms with Crippen LogP contribution in [0.1, 0.15) is 38.7 Å². The van der Waals surface area contributed by atoms with Crippen LogP contribution in [0.25, 0.3) is 0 Å². The molecule has 0 aromatic heterocycles. The number of thioether (sulfide) groups is 1. The van der Waals surface area contributed by atoms with Crippen LogP contribution in [0.3, 0.4) is 0 Å². The number of benzene rings is 1. The Labute approximate surface area is 109 Å². The molecular weight excluding hydrogens is 224 g/mol. The van der Waals surface area contributed by atoms with Gasteiger partial charge in [0.2, 0.25) is 0 Å². The van der Waals surface area contributed by atoms with Crippen molar-refractivity contribution in [1.29, 1.82) is 0 Å². The van der Waals surface area contributed by atoms with Crippen molar-refractivity contribution in [3.63, 3.8) is 0 Å². The molecule has 1 heteroatoms. The van der Waals surface area contributed by atoms with Crippen LogP contribution in [-0.4, -0.2) is 5.25 Å². The first kappa shape index (κ1) is 11.4. The van der Waals surface area contributed by atoms with E-state index in [1.807, 2.05) is 0 Å². The molecule has 0 spiro atoms. The van der Waals surface area contributed by atoms with Gasteiger partial charge in [-0.2, -0.15) is 0 Å². The highest BCUT2D eigenvalue weighted by atomic mass is 32.2. The van der Waals surface area contributed by atoms with Crippen LogP contribution in [0.5, 0.6) is 0 Å². The lowest BCUT2D eigenvalue weighted by molar-refractivity contribution is 0.529. The van der Waals surface area contributed by atoms with E-state index in [1.54, 1.807) is 16.0 Å². The quantitative estimate of drug-likeness (QED) is 0.681. The lowest BCUT2D eigenvalue weighted by Gasteiger charge is -2.22. The van der Waals surface area contributed by atoms with Crippen molar-refractivity contribution in [3.8, 4) is 0 Å². The molecule has 0 amide bonds. The molecule has 90 valence electrons. The lowest BCUT2D eigenvalue weighted by atomic mass is 9.90. The SMILES string of the molecule is CC1=C(C)C2CC(C)C(c3ccccc3)C2S1. The standard InChI is InChI=1S/C16H20S/c1-10-9-14-11(2)12(3)17-16(14)15(10)13-7-5-4-6-8-13/h4-8,10,14-16H,9H2,1-3H3. The first-order valence-electron chi connectivity index (χ1n) is 6.57. The number of hydrogen-bond acceptors (Lipinski definition) is 1. The summed E-state index contributed by atoms with van der Waals surface area (Å²) in [4.78, 5) is 1.58. The van der Waals surface area contributed by atoms with Crippen LogP contribution in [-0.2, 0) is 0 Å². The topological polar surface area (TPSA) is 0 Å². The molecule has 0 nitrogen and oxygen atoms in total. The van der Waals surface area contributed by atoms with Gasteiger partial charge in [0.25, 0.3) is 0 Å². The van der Waals surface area contributed by atoms with Crippen LogP contribution in [0.2, 0.25) is 0 Å². The van der Waals surface area contributed by atoms with E-state index in [4.69, 9.17) is 0 Å². The van der Waals surface area contributed by atoms with Gasteiger partial charge < -0.3 is 0 Å². The predicted molar refractivity (Wildman–Crippen MR) is 76.2 cm³/mol. The van der Waals surface area contributed by atoms with Gasteiger partial charge >= 0.3 is 0 Å². The maximum atomic E-state index is 2.43. The van der Waals surface area contributed by atoms with Gasteiger partial charge in [-0.15, -0.1) is 11.8 Å². The maximum Gasteiger partial charge on any atom is 0.0228 e. The van der Waals surface area contributed by atoms with E-state index in [-0.39, 0.29) is 0 Å². The number of hydrogen-bond donors (Lipinski definition) is 0. The summed E-state index contributed by atoms with van der Waals surface area (Å²) < 4.78 is 0. The van der Waals surface area contributed by atoms with Gasteiger partial charge in [0.05, 0.1) is 0 Å². The van der Waals surface area contributed by atoms with Gasteiger partial charge in [-0.25, -0.2) is 0 Å². The van der Waals surface area contributed by atoms with E-state index < -0.39 is 0 Å². The molecule has 1 fully saturated rings. The van der Waals surface area contributed by atoms with E-state index in [0.717, 1.165) is 23.0 Å². The van der Waals surface area contributed by atoms with Gasteiger partial charge in [0, 0.05) is 5.25 Å². The Bertz CT molecular complexity index is 446. The Balaban J connectivity index is 1.93. The zero-order valence-electron chi connectivity index (χ0n) is 10.8. The molecule has 4 atom stereocenters. The summed E-state index contributed by atoms with van der Waals surface area (Å²) in [7, 11) is 0. The first-order valence-corrected chi connectivity index (χ1v) is 7.45. The number of fused-ring (bicyclic) bond motifs is 1. The molecule has 1 saturated carbocycles. The van der Waals surface area contributed by atoms with Crippen molar-refractivity contribution < 1.29 is 0 Å². The van der Waals surface area contributed by atoms with Crippen molar-refractivity contribution in [2.24, 2.45) is 11.8 Å². The molecular formula is C16H20S. The van der Waals surface area contributed by atoms with Crippen LogP contribution in [0, 0.1) is 11.8 Å². The number of allylic oxidation sites excluding steroid dienone is 2. The minimum atomic E-state index is 0.749. The molecule has 1 aromatic carbocycles. The summed E-state index contributed by atoms with van der Waals surface area (Å²) in [6.07, 6.45) is 1.38. The van der Waals surface area contributed by atoms with Crippen LogP contribution in [0.15, 0.2) is 40.8 Å². The second-order valence-electron chi connectivity index (χ2n) is 5.58. The van der Waals surface area contributed by atoms with E-state index in [9.17, 15) is 0 Å². The zero-order chi connectivity index (χ0) is 12.0. The normalized spacial score (nSPS) is 36.4. The Morgan fingerprint density at radius 3 is 2.53 bits per heavy atom. The maximum absolute atomic E-state index is 2.43. The smallest absolute Gasteiger partial charge is 0.0228 e. The molecule has 1 aromatic rings. The summed E-state index contributed by atoms with van der Waals surface area (Å²) in [6.45, 7) is 7.07. The number of rotatable bonds is 1. The lowest BCUT2D eigenvalue weighted by Crippen LogP contribution is -2.15. The molecule has 2 aliphatic rings. The molecule has 17 heavy (non-hydrogen) atoms. The minimum absolute atomic E-state index is 0.749. The fraction of sp³-hybridized carbons (Fsp3) is 0.500. The van der Waals surface area contributed by atoms with Gasteiger partial charge in [0.1, 0.15) is 0 Å². The predicted octanol–water partition coefficient (Wildman–Crippen LogP) is 4.84. The molecule has 0 radical (unpaired) electrons. The summed E-state index contributed by atoms with van der Waals surface area (Å²) in [5.41, 5.74) is 3.20. The van der Waals surface area contributed by atoms with Crippen LogP contribution >= 0.6 is 11.8 Å². The fourth-order valence-electron chi connectivity index (χ4n) is 3.59. The summed E-state index contributed by atoms with van der Waals surface area (Å²) in [6, 6.07) is 11.1. The van der Waals surface area contributed by atoms with Gasteiger partial charge in [0.15, 0.2) is 0 Å². The van der Waals surface area contributed by atoms with Crippen LogP contribution in [0.4, 0.5) is 0 Å². The van der Waals surface area contributed by atoms with Crippen molar-refractivity contribution in [2.45, 2.75) is 38.4 Å². The third-order valence-corrected chi connectivity index (χ3v) is 6.17. The Kier molecular flexibility index (Phi) is 2.82. The fourth-order valence-corrected chi connectivity index (χ4v) is 5.38. The average Bonchev–Trinajstić information content (AvgIpc) is 2.78. The molecule has 4 unspecified atom stereocenters. The van der Waals surface area contributed by atoms with Crippen molar-refractivity contribution in [2.75, 3.05) is 0 Å². The van der Waals surface area contributed by atoms with Gasteiger partial charge in [-0.05, 0) is 48.5 Å². The zero-order valence-corrected chi connectivity index (χ0v) is 11.6. The molecule has 1 aliphatic heterocycles. The summed E-state index contributed by atoms with van der Waals surface area (Å²) in [5, 5.41) is 0.799. The molecule has 1 aliphatic carbocycles. The summed E-state index contributed by atoms with van der Waals surface area (Å²) in [5.74, 6) is 2.40. The van der Waals surface area contributed by atoms with E-state index in [2.05, 4.69) is 62.9 Å². The van der Waals surface area contributed by atoms with E-state index in [1.165, 1.54) is 6.42 Å². The van der Waals surface area contributed by atoms with Crippen molar-refractivity contribution in [3.05, 3.63) is 46.4 Å². The van der Waals surface area contributed by atoms with Crippen molar-refractivity contribution >= 4 is 11.8 Å². The second kappa shape index (κ2) is 4.20. The molecule has 0 bridgehead atoms. The highest BCUT2D eigenvalue weighted by Gasteiger charge is 2.46. The van der Waals surface area contributed by atoms with E-state index in [0.29, 0.717) is 0 Å². The Morgan fingerprint density at radius 2 is 1.82 bits per heavy atom. The third-order valence-electron chi connectivity index (χ3n) is 4.60. The summed E-state index contributed by atoms with van der Waals surface area (Å²) >= 11 is 2.13. The molecule has 0 saturated heterocycles. The first-order chi connectivity index (χ1) is 8.18. The molecule has 0 N–H and O–H groups in total. The highest BCUT2D eigenvalue weighted by molar-refractivity contribution is 8.04. The van der Waals surface area contributed by atoms with Gasteiger partial charge in [-0.1, -0.05) is 42.8 Å². The Morgan fingerprint density at radius 1 is 1.12 bits per heavy atom. The molecule has 1 heterocycles. The largest absolute Gasteiger partial charge is 0.126 e. The monoisotopic (exact) mass is 244 g/mol. The highest BCUT2D eigenvalue weighted by Crippen LogP contribution is 2.57. The van der Waals surface area contributed by atoms with Crippen molar-refractivity contribution in [1.82, 2.24) is 0 Å². The van der Waals surface area contributed by atoms with Crippen LogP contribution < -0.4 is 0 Å². The average molecular weight is 244 g/mol. The Hall–Kier alpha value is -0.690. The van der Waals surface area contributed by atoms with Gasteiger partial charge in [-0.3, -0.25) is 0 Å². The minimum Gasteiger partial charge on any atom is -0.126 e. The second-order valence-corrected chi connectivity index (χ2v) is 6.97.